The highest BCUT2D eigenvalue weighted by Gasteiger charge is 2.62. The molecule has 0 saturated heterocycles. The van der Waals surface area contributed by atoms with Crippen LogP contribution in [0.3, 0.4) is 0 Å². The Morgan fingerprint density at radius 3 is 2.81 bits per heavy atom. The Morgan fingerprint density at radius 2 is 2.12 bits per heavy atom. The van der Waals surface area contributed by atoms with Crippen LogP contribution in [0, 0.1) is 28.6 Å². The molecule has 3 rings (SSSR count). The Morgan fingerprint density at radius 1 is 1.38 bits per heavy atom. The van der Waals surface area contributed by atoms with Gasteiger partial charge in [-0.15, -0.1) is 0 Å². The Labute approximate surface area is 98.9 Å². The van der Waals surface area contributed by atoms with Crippen LogP contribution in [0.25, 0.3) is 0 Å². The topological polar surface area (TPSA) is 20.2 Å². The summed E-state index contributed by atoms with van der Waals surface area (Å²) in [5, 5.41) is 9.51. The minimum atomic E-state index is 0.302. The summed E-state index contributed by atoms with van der Waals surface area (Å²) in [7, 11) is 0. The van der Waals surface area contributed by atoms with E-state index in [0.717, 1.165) is 11.8 Å². The van der Waals surface area contributed by atoms with Gasteiger partial charge in [0.2, 0.25) is 0 Å². The molecule has 4 atom stereocenters. The molecule has 1 N–H and O–H groups in total. The Kier molecular flexibility index (Phi) is 2.12. The van der Waals surface area contributed by atoms with Crippen molar-refractivity contribution in [1.82, 2.24) is 0 Å². The highest BCUT2D eigenvalue weighted by Crippen LogP contribution is 2.70. The second-order valence-electron chi connectivity index (χ2n) is 7.19. The van der Waals surface area contributed by atoms with Crippen LogP contribution in [0.15, 0.2) is 11.6 Å². The lowest BCUT2D eigenvalue weighted by molar-refractivity contribution is 0.129. The molecule has 0 aromatic rings. The summed E-state index contributed by atoms with van der Waals surface area (Å²) in [6.07, 6.45) is 7.83. The van der Waals surface area contributed by atoms with Crippen molar-refractivity contribution in [2.24, 2.45) is 28.6 Å². The SMILES string of the molecule is C[C@@H]1CCC2C(CO)=CC3CC(C)(C)CC321. The van der Waals surface area contributed by atoms with Crippen molar-refractivity contribution in [3.05, 3.63) is 11.6 Å². The van der Waals surface area contributed by atoms with E-state index in [2.05, 4.69) is 26.8 Å². The van der Waals surface area contributed by atoms with E-state index >= 15 is 0 Å². The Bertz CT molecular complexity index is 341. The van der Waals surface area contributed by atoms with Crippen LogP contribution in [0.2, 0.25) is 0 Å². The van der Waals surface area contributed by atoms with Gasteiger partial charge < -0.3 is 5.11 Å². The number of hydrogen-bond acceptors (Lipinski definition) is 1. The third-order valence-electron chi connectivity index (χ3n) is 5.75. The lowest BCUT2D eigenvalue weighted by Gasteiger charge is -2.36. The Hall–Kier alpha value is -0.300. The van der Waals surface area contributed by atoms with Crippen LogP contribution in [0.4, 0.5) is 0 Å². The van der Waals surface area contributed by atoms with Crippen molar-refractivity contribution in [2.45, 2.75) is 46.5 Å². The first-order valence-corrected chi connectivity index (χ1v) is 6.81. The highest BCUT2D eigenvalue weighted by molar-refractivity contribution is 5.30. The number of aliphatic hydroxyl groups excluding tert-OH is 1. The average molecular weight is 220 g/mol. The molecule has 90 valence electrons. The van der Waals surface area contributed by atoms with Crippen molar-refractivity contribution in [1.29, 1.82) is 0 Å². The number of rotatable bonds is 1. The van der Waals surface area contributed by atoms with E-state index in [4.69, 9.17) is 0 Å². The maximum absolute atomic E-state index is 9.51. The zero-order chi connectivity index (χ0) is 11.6. The van der Waals surface area contributed by atoms with Gasteiger partial charge in [-0.1, -0.05) is 26.8 Å². The lowest BCUT2D eigenvalue weighted by atomic mass is 9.67. The van der Waals surface area contributed by atoms with Crippen LogP contribution in [-0.4, -0.2) is 11.7 Å². The fraction of sp³-hybridized carbons (Fsp3) is 0.867. The van der Waals surface area contributed by atoms with Crippen molar-refractivity contribution in [2.75, 3.05) is 6.61 Å². The molecule has 0 aliphatic heterocycles. The van der Waals surface area contributed by atoms with Gasteiger partial charge in [-0.25, -0.2) is 0 Å². The first-order valence-electron chi connectivity index (χ1n) is 6.81. The predicted molar refractivity (Wildman–Crippen MR) is 66.0 cm³/mol. The standard InChI is InChI=1S/C15H24O/c1-10-4-5-13-11(8-16)6-12-7-14(2,3)9-15(10,12)13/h6,10,12-13,16H,4-5,7-9H2,1-3H3/t10-,12?,13?,15?/m1/s1. The van der Waals surface area contributed by atoms with Crippen LogP contribution >= 0.6 is 0 Å². The van der Waals surface area contributed by atoms with E-state index in [1.54, 1.807) is 0 Å². The summed E-state index contributed by atoms with van der Waals surface area (Å²) < 4.78 is 0. The molecule has 16 heavy (non-hydrogen) atoms. The zero-order valence-electron chi connectivity index (χ0n) is 10.8. The van der Waals surface area contributed by atoms with Crippen molar-refractivity contribution in [3.8, 4) is 0 Å². The number of aliphatic hydroxyl groups is 1. The number of allylic oxidation sites excluding steroid dienone is 1. The van der Waals surface area contributed by atoms with E-state index < -0.39 is 0 Å². The summed E-state index contributed by atoms with van der Waals surface area (Å²) in [6.45, 7) is 7.60. The summed E-state index contributed by atoms with van der Waals surface area (Å²) in [5.41, 5.74) is 2.41. The molecule has 0 aromatic carbocycles. The number of hydrogen-bond donors (Lipinski definition) is 1. The molecule has 1 heteroatoms. The third kappa shape index (κ3) is 1.16. The van der Waals surface area contributed by atoms with Gasteiger partial charge in [0.05, 0.1) is 6.61 Å². The molecule has 0 radical (unpaired) electrons. The van der Waals surface area contributed by atoms with E-state index in [-0.39, 0.29) is 0 Å². The summed E-state index contributed by atoms with van der Waals surface area (Å²) in [6, 6.07) is 0. The maximum Gasteiger partial charge on any atom is 0.0644 e. The largest absolute Gasteiger partial charge is 0.392 e. The maximum atomic E-state index is 9.51. The monoisotopic (exact) mass is 220 g/mol. The highest BCUT2D eigenvalue weighted by atomic mass is 16.3. The van der Waals surface area contributed by atoms with Crippen LogP contribution in [-0.2, 0) is 0 Å². The third-order valence-corrected chi connectivity index (χ3v) is 5.75. The summed E-state index contributed by atoms with van der Waals surface area (Å²) >= 11 is 0. The van der Waals surface area contributed by atoms with Crippen molar-refractivity contribution < 1.29 is 5.11 Å². The zero-order valence-corrected chi connectivity index (χ0v) is 10.8. The summed E-state index contributed by atoms with van der Waals surface area (Å²) in [4.78, 5) is 0. The van der Waals surface area contributed by atoms with E-state index in [0.29, 0.717) is 23.4 Å². The lowest BCUT2D eigenvalue weighted by Crippen LogP contribution is -2.31. The van der Waals surface area contributed by atoms with Crippen LogP contribution in [0.5, 0.6) is 0 Å². The quantitative estimate of drug-likeness (QED) is 0.672. The second-order valence-corrected chi connectivity index (χ2v) is 7.19. The second kappa shape index (κ2) is 3.13. The smallest absolute Gasteiger partial charge is 0.0644 e. The molecular formula is C15H24O. The average Bonchev–Trinajstić information content (AvgIpc) is 2.73. The first kappa shape index (κ1) is 10.8. The first-order chi connectivity index (χ1) is 7.49. The van der Waals surface area contributed by atoms with Gasteiger partial charge in [-0.2, -0.15) is 0 Å². The van der Waals surface area contributed by atoms with Gasteiger partial charge in [-0.05, 0) is 59.8 Å². The van der Waals surface area contributed by atoms with Crippen LogP contribution in [0.1, 0.15) is 46.5 Å². The van der Waals surface area contributed by atoms with Crippen molar-refractivity contribution >= 4 is 0 Å². The van der Waals surface area contributed by atoms with Crippen molar-refractivity contribution in [3.63, 3.8) is 0 Å². The molecule has 3 aliphatic rings. The van der Waals surface area contributed by atoms with Gasteiger partial charge in [0, 0.05) is 0 Å². The normalized spacial score (nSPS) is 49.0. The molecule has 0 heterocycles. The molecular weight excluding hydrogens is 196 g/mol. The molecule has 0 aromatic heterocycles. The van der Waals surface area contributed by atoms with Gasteiger partial charge in [0.25, 0.3) is 0 Å². The molecule has 1 spiro atoms. The minimum Gasteiger partial charge on any atom is -0.392 e. The molecule has 2 saturated carbocycles. The molecule has 0 bridgehead atoms. The fourth-order valence-electron chi connectivity index (χ4n) is 5.32. The van der Waals surface area contributed by atoms with Gasteiger partial charge in [0.15, 0.2) is 0 Å². The molecule has 3 unspecified atom stereocenters. The van der Waals surface area contributed by atoms with E-state index in [1.165, 1.54) is 31.3 Å². The Balaban J connectivity index is 2.03. The molecule has 1 nitrogen and oxygen atoms in total. The minimum absolute atomic E-state index is 0.302. The summed E-state index contributed by atoms with van der Waals surface area (Å²) in [5.74, 6) is 2.32. The van der Waals surface area contributed by atoms with Crippen LogP contribution < -0.4 is 0 Å². The van der Waals surface area contributed by atoms with E-state index in [9.17, 15) is 5.11 Å². The molecule has 0 amide bonds. The van der Waals surface area contributed by atoms with Gasteiger partial charge in [-0.3, -0.25) is 0 Å². The van der Waals surface area contributed by atoms with E-state index in [1.807, 2.05) is 0 Å². The molecule has 3 aliphatic carbocycles. The predicted octanol–water partition coefficient (Wildman–Crippen LogP) is 3.39. The van der Waals surface area contributed by atoms with Gasteiger partial charge >= 0.3 is 0 Å². The van der Waals surface area contributed by atoms with Gasteiger partial charge in [0.1, 0.15) is 0 Å². The molecule has 2 fully saturated rings. The fourth-order valence-corrected chi connectivity index (χ4v) is 5.32.